The standard InChI is InChI=1S/C15H19N3OS/c1-10-3-4-12(14(16)11(10)2)13-9-20-15(17-13)18-5-7-19-8-6-18/h3-4,9H,5-8,16H2,1-2H3. The lowest BCUT2D eigenvalue weighted by molar-refractivity contribution is 0.122. The van der Waals surface area contributed by atoms with Crippen molar-refractivity contribution in [2.24, 2.45) is 0 Å². The molecular formula is C15H19N3OS. The van der Waals surface area contributed by atoms with Gasteiger partial charge >= 0.3 is 0 Å². The van der Waals surface area contributed by atoms with Gasteiger partial charge in [-0.05, 0) is 25.0 Å². The van der Waals surface area contributed by atoms with Crippen LogP contribution in [0.15, 0.2) is 17.5 Å². The van der Waals surface area contributed by atoms with Crippen LogP contribution in [0.1, 0.15) is 11.1 Å². The molecule has 0 amide bonds. The number of benzene rings is 1. The molecule has 1 aromatic carbocycles. The molecule has 1 aliphatic rings. The highest BCUT2D eigenvalue weighted by Crippen LogP contribution is 2.33. The maximum absolute atomic E-state index is 6.23. The first-order valence-corrected chi connectivity index (χ1v) is 7.69. The quantitative estimate of drug-likeness (QED) is 0.864. The molecule has 3 rings (SSSR count). The van der Waals surface area contributed by atoms with Crippen LogP contribution in [0.2, 0.25) is 0 Å². The van der Waals surface area contributed by atoms with Crippen LogP contribution in [0.3, 0.4) is 0 Å². The number of ether oxygens (including phenoxy) is 1. The zero-order chi connectivity index (χ0) is 14.1. The number of rotatable bonds is 2. The van der Waals surface area contributed by atoms with E-state index in [1.807, 2.05) is 0 Å². The fourth-order valence-electron chi connectivity index (χ4n) is 2.35. The summed E-state index contributed by atoms with van der Waals surface area (Å²) >= 11 is 1.67. The van der Waals surface area contributed by atoms with Gasteiger partial charge in [0.05, 0.1) is 18.9 Å². The molecule has 2 N–H and O–H groups in total. The van der Waals surface area contributed by atoms with Crippen molar-refractivity contribution < 1.29 is 4.74 Å². The third kappa shape index (κ3) is 2.39. The largest absolute Gasteiger partial charge is 0.398 e. The van der Waals surface area contributed by atoms with E-state index in [2.05, 4.69) is 36.3 Å². The fraction of sp³-hybridized carbons (Fsp3) is 0.400. The number of aromatic nitrogens is 1. The lowest BCUT2D eigenvalue weighted by Gasteiger charge is -2.26. The van der Waals surface area contributed by atoms with Gasteiger partial charge in [-0.2, -0.15) is 0 Å². The molecule has 1 fully saturated rings. The van der Waals surface area contributed by atoms with Crippen LogP contribution in [0.25, 0.3) is 11.3 Å². The molecule has 2 heterocycles. The average molecular weight is 289 g/mol. The number of morpholine rings is 1. The molecule has 4 nitrogen and oxygen atoms in total. The minimum atomic E-state index is 0.778. The van der Waals surface area contributed by atoms with Gasteiger partial charge in [0.1, 0.15) is 0 Å². The SMILES string of the molecule is Cc1ccc(-c2csc(N3CCOCC3)n2)c(N)c1C. The van der Waals surface area contributed by atoms with E-state index in [0.29, 0.717) is 0 Å². The average Bonchev–Trinajstić information content (AvgIpc) is 2.95. The molecule has 0 unspecified atom stereocenters. The van der Waals surface area contributed by atoms with Crippen molar-refractivity contribution in [3.05, 3.63) is 28.6 Å². The van der Waals surface area contributed by atoms with Crippen molar-refractivity contribution in [3.63, 3.8) is 0 Å². The summed E-state index contributed by atoms with van der Waals surface area (Å²) in [6, 6.07) is 4.17. The smallest absolute Gasteiger partial charge is 0.186 e. The molecule has 0 bridgehead atoms. The van der Waals surface area contributed by atoms with Gasteiger partial charge in [0.15, 0.2) is 5.13 Å². The van der Waals surface area contributed by atoms with E-state index >= 15 is 0 Å². The number of aryl methyl sites for hydroxylation is 1. The van der Waals surface area contributed by atoms with Gasteiger partial charge in [0, 0.05) is 29.7 Å². The number of thiazole rings is 1. The van der Waals surface area contributed by atoms with Crippen LogP contribution >= 0.6 is 11.3 Å². The van der Waals surface area contributed by atoms with E-state index in [0.717, 1.165) is 53.9 Å². The van der Waals surface area contributed by atoms with Crippen LogP contribution in [-0.2, 0) is 4.74 Å². The first-order chi connectivity index (χ1) is 9.66. The van der Waals surface area contributed by atoms with Crippen molar-refractivity contribution in [1.82, 2.24) is 4.98 Å². The predicted octanol–water partition coefficient (Wildman–Crippen LogP) is 2.85. The molecule has 1 aromatic heterocycles. The van der Waals surface area contributed by atoms with E-state index in [4.69, 9.17) is 15.5 Å². The molecule has 106 valence electrons. The van der Waals surface area contributed by atoms with Crippen LogP contribution in [0.5, 0.6) is 0 Å². The normalized spacial score (nSPS) is 15.6. The summed E-state index contributed by atoms with van der Waals surface area (Å²) in [7, 11) is 0. The van der Waals surface area contributed by atoms with E-state index in [1.165, 1.54) is 5.56 Å². The summed E-state index contributed by atoms with van der Waals surface area (Å²) in [6.45, 7) is 7.52. The highest BCUT2D eigenvalue weighted by atomic mass is 32.1. The van der Waals surface area contributed by atoms with Gasteiger partial charge in [-0.3, -0.25) is 0 Å². The Bertz CT molecular complexity index is 618. The van der Waals surface area contributed by atoms with Crippen molar-refractivity contribution in [1.29, 1.82) is 0 Å². The Morgan fingerprint density at radius 3 is 2.75 bits per heavy atom. The van der Waals surface area contributed by atoms with Crippen LogP contribution in [0, 0.1) is 13.8 Å². The maximum Gasteiger partial charge on any atom is 0.186 e. The second-order valence-corrected chi connectivity index (χ2v) is 5.92. The third-order valence-electron chi connectivity index (χ3n) is 3.84. The predicted molar refractivity (Wildman–Crippen MR) is 84.5 cm³/mol. The molecule has 20 heavy (non-hydrogen) atoms. The topological polar surface area (TPSA) is 51.4 Å². The highest BCUT2D eigenvalue weighted by Gasteiger charge is 2.16. The summed E-state index contributed by atoms with van der Waals surface area (Å²) in [5.74, 6) is 0. The summed E-state index contributed by atoms with van der Waals surface area (Å²) in [4.78, 5) is 7.02. The van der Waals surface area contributed by atoms with Gasteiger partial charge in [0.2, 0.25) is 0 Å². The van der Waals surface area contributed by atoms with Gasteiger partial charge in [-0.1, -0.05) is 12.1 Å². The molecule has 1 saturated heterocycles. The second-order valence-electron chi connectivity index (χ2n) is 5.08. The van der Waals surface area contributed by atoms with E-state index < -0.39 is 0 Å². The number of hydrogen-bond donors (Lipinski definition) is 1. The molecule has 5 heteroatoms. The molecule has 0 saturated carbocycles. The molecule has 0 spiro atoms. The zero-order valence-corrected chi connectivity index (χ0v) is 12.7. The number of nitrogens with zero attached hydrogens (tertiary/aromatic N) is 2. The summed E-state index contributed by atoms with van der Waals surface area (Å²) < 4.78 is 5.38. The van der Waals surface area contributed by atoms with E-state index in [1.54, 1.807) is 11.3 Å². The maximum atomic E-state index is 6.23. The minimum Gasteiger partial charge on any atom is -0.398 e. The highest BCUT2D eigenvalue weighted by molar-refractivity contribution is 7.14. The number of hydrogen-bond acceptors (Lipinski definition) is 5. The van der Waals surface area contributed by atoms with Gasteiger partial charge in [0.25, 0.3) is 0 Å². The van der Waals surface area contributed by atoms with E-state index in [9.17, 15) is 0 Å². The number of anilines is 2. The molecule has 0 aliphatic carbocycles. The van der Waals surface area contributed by atoms with Crippen LogP contribution < -0.4 is 10.6 Å². The molecule has 2 aromatic rings. The Balaban J connectivity index is 1.92. The van der Waals surface area contributed by atoms with Crippen molar-refractivity contribution >= 4 is 22.2 Å². The Labute approximate surface area is 123 Å². The zero-order valence-electron chi connectivity index (χ0n) is 11.8. The van der Waals surface area contributed by atoms with Gasteiger partial charge < -0.3 is 15.4 Å². The second kappa shape index (κ2) is 5.42. The summed E-state index contributed by atoms with van der Waals surface area (Å²) in [6.07, 6.45) is 0. The lowest BCUT2D eigenvalue weighted by atomic mass is 10.0. The number of nitrogen functional groups attached to an aromatic ring is 1. The molecular weight excluding hydrogens is 270 g/mol. The molecule has 0 radical (unpaired) electrons. The number of nitrogens with two attached hydrogens (primary N) is 1. The van der Waals surface area contributed by atoms with Gasteiger partial charge in [-0.25, -0.2) is 4.98 Å². The first kappa shape index (κ1) is 13.4. The summed E-state index contributed by atoms with van der Waals surface area (Å²) in [5.41, 5.74) is 11.4. The Morgan fingerprint density at radius 2 is 2.00 bits per heavy atom. The first-order valence-electron chi connectivity index (χ1n) is 6.81. The van der Waals surface area contributed by atoms with E-state index in [-0.39, 0.29) is 0 Å². The lowest BCUT2D eigenvalue weighted by Crippen LogP contribution is -2.36. The van der Waals surface area contributed by atoms with Crippen molar-refractivity contribution in [2.45, 2.75) is 13.8 Å². The Kier molecular flexibility index (Phi) is 3.63. The Morgan fingerprint density at radius 1 is 1.25 bits per heavy atom. The fourth-order valence-corrected chi connectivity index (χ4v) is 3.23. The van der Waals surface area contributed by atoms with Crippen molar-refractivity contribution in [2.75, 3.05) is 36.9 Å². The van der Waals surface area contributed by atoms with Gasteiger partial charge in [-0.15, -0.1) is 11.3 Å². The monoisotopic (exact) mass is 289 g/mol. The van der Waals surface area contributed by atoms with Crippen molar-refractivity contribution in [3.8, 4) is 11.3 Å². The third-order valence-corrected chi connectivity index (χ3v) is 4.74. The van der Waals surface area contributed by atoms with Crippen LogP contribution in [-0.4, -0.2) is 31.3 Å². The molecule has 1 aliphatic heterocycles. The Hall–Kier alpha value is -1.59. The molecule has 0 atom stereocenters. The minimum absolute atomic E-state index is 0.778. The van der Waals surface area contributed by atoms with Crippen LogP contribution in [0.4, 0.5) is 10.8 Å². The summed E-state index contributed by atoms with van der Waals surface area (Å²) in [5, 5.41) is 3.14.